The predicted octanol–water partition coefficient (Wildman–Crippen LogP) is 2.29. The fraction of sp³-hybridized carbons (Fsp3) is 0.800. The number of aliphatic hydroxyl groups is 1. The minimum absolute atomic E-state index is 0.169. The molecule has 0 aromatic rings. The van der Waals surface area contributed by atoms with Crippen LogP contribution >= 0.6 is 0 Å². The van der Waals surface area contributed by atoms with Crippen LogP contribution < -0.4 is 0 Å². The monoisotopic (exact) mass is 250 g/mol. The van der Waals surface area contributed by atoms with Crippen molar-refractivity contribution in [2.45, 2.75) is 46.1 Å². The molecular formula is C15H22O3. The quantitative estimate of drug-likeness (QED) is 0.617. The number of rotatable bonds is 3. The Balaban J connectivity index is 1.64. The highest BCUT2D eigenvalue weighted by Crippen LogP contribution is 2.84. The van der Waals surface area contributed by atoms with Gasteiger partial charge >= 0.3 is 5.97 Å². The van der Waals surface area contributed by atoms with Gasteiger partial charge in [0.15, 0.2) is 0 Å². The smallest absolute Gasteiger partial charge is 0.311 e. The van der Waals surface area contributed by atoms with Crippen LogP contribution in [0.15, 0.2) is 11.6 Å². The van der Waals surface area contributed by atoms with Gasteiger partial charge in [0.05, 0.1) is 11.0 Å². The molecule has 4 atom stereocenters. The van der Waals surface area contributed by atoms with E-state index in [0.29, 0.717) is 18.4 Å². The average Bonchev–Trinajstić information content (AvgIpc) is 2.48. The molecule has 0 aromatic heterocycles. The zero-order valence-corrected chi connectivity index (χ0v) is 11.6. The summed E-state index contributed by atoms with van der Waals surface area (Å²) in [6.07, 6.45) is 4.10. The minimum atomic E-state index is -0.574. The Bertz CT molecular complexity index is 445. The van der Waals surface area contributed by atoms with Gasteiger partial charge in [-0.2, -0.15) is 0 Å². The van der Waals surface area contributed by atoms with Crippen molar-refractivity contribution in [3.05, 3.63) is 11.6 Å². The van der Waals surface area contributed by atoms with Crippen LogP contribution in [0, 0.1) is 22.7 Å². The third-order valence-corrected chi connectivity index (χ3v) is 5.27. The molecule has 0 amide bonds. The molecule has 0 spiro atoms. The van der Waals surface area contributed by atoms with Gasteiger partial charge in [0.1, 0.15) is 6.61 Å². The Morgan fingerprint density at radius 2 is 2.22 bits per heavy atom. The van der Waals surface area contributed by atoms with Gasteiger partial charge in [-0.3, -0.25) is 4.79 Å². The summed E-state index contributed by atoms with van der Waals surface area (Å²) in [6.45, 7) is 8.08. The molecule has 0 bridgehead atoms. The van der Waals surface area contributed by atoms with E-state index in [1.807, 2.05) is 26.8 Å². The lowest BCUT2D eigenvalue weighted by Crippen LogP contribution is -2.32. The van der Waals surface area contributed by atoms with Gasteiger partial charge < -0.3 is 9.84 Å². The highest BCUT2D eigenvalue weighted by atomic mass is 16.5. The summed E-state index contributed by atoms with van der Waals surface area (Å²) in [5.41, 5.74) is 0.284. The Hall–Kier alpha value is -0.830. The molecule has 2 unspecified atom stereocenters. The minimum Gasteiger partial charge on any atom is -0.461 e. The molecule has 0 heterocycles. The maximum absolute atomic E-state index is 11.7. The molecule has 3 aliphatic carbocycles. The summed E-state index contributed by atoms with van der Waals surface area (Å²) in [4.78, 5) is 11.7. The van der Waals surface area contributed by atoms with E-state index in [0.717, 1.165) is 18.4 Å². The van der Waals surface area contributed by atoms with Crippen molar-refractivity contribution in [3.63, 3.8) is 0 Å². The highest BCUT2D eigenvalue weighted by Gasteiger charge is 2.86. The maximum atomic E-state index is 11.7. The number of esters is 1. The van der Waals surface area contributed by atoms with E-state index in [-0.39, 0.29) is 11.4 Å². The van der Waals surface area contributed by atoms with Crippen molar-refractivity contribution in [1.29, 1.82) is 0 Å². The van der Waals surface area contributed by atoms with E-state index in [1.54, 1.807) is 0 Å². The summed E-state index contributed by atoms with van der Waals surface area (Å²) in [5, 5.41) is 10.5. The van der Waals surface area contributed by atoms with Crippen LogP contribution in [0.3, 0.4) is 0 Å². The zero-order chi connectivity index (χ0) is 13.3. The van der Waals surface area contributed by atoms with Crippen LogP contribution in [-0.4, -0.2) is 23.3 Å². The van der Waals surface area contributed by atoms with Crippen LogP contribution in [0.1, 0.15) is 40.5 Å². The molecule has 2 saturated carbocycles. The molecule has 0 radical (unpaired) electrons. The summed E-state index contributed by atoms with van der Waals surface area (Å²) in [7, 11) is 0. The molecule has 100 valence electrons. The van der Waals surface area contributed by atoms with Gasteiger partial charge in [0.25, 0.3) is 0 Å². The van der Waals surface area contributed by atoms with Crippen LogP contribution in [0.25, 0.3) is 0 Å². The number of fused-ring (bicyclic) bond motifs is 1. The molecule has 3 aliphatic rings. The van der Waals surface area contributed by atoms with E-state index in [4.69, 9.17) is 4.74 Å². The van der Waals surface area contributed by atoms with Crippen LogP contribution in [0.5, 0.6) is 0 Å². The third-order valence-electron chi connectivity index (χ3n) is 5.27. The molecule has 3 heteroatoms. The first-order valence-electron chi connectivity index (χ1n) is 6.87. The zero-order valence-electron chi connectivity index (χ0n) is 11.6. The molecule has 0 aromatic carbocycles. The van der Waals surface area contributed by atoms with E-state index < -0.39 is 11.0 Å². The SMILES string of the molecule is CCC12C[C@@H]3C(COC(=O)C(C)(C)C)=C[C@]1(O)C32. The molecular weight excluding hydrogens is 228 g/mol. The molecule has 0 aliphatic heterocycles. The van der Waals surface area contributed by atoms with E-state index in [1.165, 1.54) is 0 Å². The van der Waals surface area contributed by atoms with Crippen molar-refractivity contribution < 1.29 is 14.6 Å². The first-order valence-corrected chi connectivity index (χ1v) is 6.87. The fourth-order valence-electron chi connectivity index (χ4n) is 4.10. The van der Waals surface area contributed by atoms with Gasteiger partial charge in [0, 0.05) is 11.3 Å². The van der Waals surface area contributed by atoms with E-state index >= 15 is 0 Å². The molecule has 18 heavy (non-hydrogen) atoms. The van der Waals surface area contributed by atoms with Crippen LogP contribution in [0.4, 0.5) is 0 Å². The summed E-state index contributed by atoms with van der Waals surface area (Å²) in [5.74, 6) is 0.707. The summed E-state index contributed by atoms with van der Waals surface area (Å²) < 4.78 is 5.35. The lowest BCUT2D eigenvalue weighted by atomic mass is 9.68. The molecule has 3 nitrogen and oxygen atoms in total. The Kier molecular flexibility index (Phi) is 2.16. The van der Waals surface area contributed by atoms with E-state index in [2.05, 4.69) is 6.92 Å². The van der Waals surface area contributed by atoms with Gasteiger partial charge in [-0.25, -0.2) is 0 Å². The topological polar surface area (TPSA) is 46.5 Å². The Labute approximate surface area is 108 Å². The maximum Gasteiger partial charge on any atom is 0.311 e. The van der Waals surface area contributed by atoms with Crippen molar-refractivity contribution in [1.82, 2.24) is 0 Å². The molecule has 1 N–H and O–H groups in total. The number of hydrogen-bond donors (Lipinski definition) is 1. The Morgan fingerprint density at radius 1 is 1.56 bits per heavy atom. The van der Waals surface area contributed by atoms with Crippen LogP contribution in [0.2, 0.25) is 0 Å². The largest absolute Gasteiger partial charge is 0.461 e. The third kappa shape index (κ3) is 1.21. The lowest BCUT2D eigenvalue weighted by Gasteiger charge is -2.36. The van der Waals surface area contributed by atoms with Gasteiger partial charge in [-0.05, 0) is 51.2 Å². The first-order chi connectivity index (χ1) is 8.26. The second-order valence-electron chi connectivity index (χ2n) is 7.17. The summed E-state index contributed by atoms with van der Waals surface area (Å²) >= 11 is 0. The Morgan fingerprint density at radius 3 is 2.61 bits per heavy atom. The highest BCUT2D eigenvalue weighted by molar-refractivity contribution is 5.75. The van der Waals surface area contributed by atoms with Gasteiger partial charge in [-0.15, -0.1) is 0 Å². The predicted molar refractivity (Wildman–Crippen MR) is 67.8 cm³/mol. The fourth-order valence-corrected chi connectivity index (χ4v) is 4.10. The number of carbonyl (C=O) groups excluding carboxylic acids is 1. The number of hydrogen-bond acceptors (Lipinski definition) is 3. The number of ether oxygens (including phenoxy) is 1. The second-order valence-corrected chi connectivity index (χ2v) is 7.17. The lowest BCUT2D eigenvalue weighted by molar-refractivity contribution is -0.152. The van der Waals surface area contributed by atoms with Crippen LogP contribution in [-0.2, 0) is 9.53 Å². The molecule has 2 fully saturated rings. The van der Waals surface area contributed by atoms with Crippen molar-refractivity contribution in [2.24, 2.45) is 22.7 Å². The second kappa shape index (κ2) is 3.19. The van der Waals surface area contributed by atoms with E-state index in [9.17, 15) is 9.90 Å². The van der Waals surface area contributed by atoms with Crippen molar-refractivity contribution in [3.8, 4) is 0 Å². The number of carbonyl (C=O) groups is 1. The van der Waals surface area contributed by atoms with Crippen molar-refractivity contribution >= 4 is 5.97 Å². The van der Waals surface area contributed by atoms with Gasteiger partial charge in [0.2, 0.25) is 0 Å². The normalized spacial score (nSPS) is 43.9. The standard InChI is InChI=1S/C15H22O3/c1-5-14-7-10-9(6-15(14,17)11(10)14)8-18-12(16)13(2,3)4/h6,10-11,17H,5,7-8H2,1-4H3/t10-,11?,14?,15+/m1/s1. The van der Waals surface area contributed by atoms with Gasteiger partial charge in [-0.1, -0.05) is 6.92 Å². The summed E-state index contributed by atoms with van der Waals surface area (Å²) in [6, 6.07) is 0. The first kappa shape index (κ1) is 12.2. The average molecular weight is 250 g/mol. The van der Waals surface area contributed by atoms with Crippen molar-refractivity contribution in [2.75, 3.05) is 6.61 Å². The molecule has 3 rings (SSSR count). The molecule has 0 saturated heterocycles.